The number of hydrogen-bond donors (Lipinski definition) is 1. The van der Waals surface area contributed by atoms with Gasteiger partial charge < -0.3 is 5.32 Å². The molecule has 2 rings (SSSR count). The van der Waals surface area contributed by atoms with E-state index in [1.165, 1.54) is 22.7 Å². The van der Waals surface area contributed by atoms with Gasteiger partial charge in [0.25, 0.3) is 5.91 Å². The molecule has 1 heterocycles. The van der Waals surface area contributed by atoms with Gasteiger partial charge in [-0.1, -0.05) is 18.2 Å². The summed E-state index contributed by atoms with van der Waals surface area (Å²) < 4.78 is 0. The van der Waals surface area contributed by atoms with Gasteiger partial charge in [-0.05, 0) is 23.9 Å². The summed E-state index contributed by atoms with van der Waals surface area (Å²) in [4.78, 5) is 29.4. The normalized spacial score (nSPS) is 19.3. The van der Waals surface area contributed by atoms with Crippen molar-refractivity contribution in [3.63, 3.8) is 0 Å². The number of likely N-dealkylation sites (N-methyl/N-ethyl adjacent to an activating group) is 1. The van der Waals surface area contributed by atoms with Crippen molar-refractivity contribution in [1.29, 1.82) is 0 Å². The van der Waals surface area contributed by atoms with E-state index in [9.17, 15) is 9.59 Å². The lowest BCUT2D eigenvalue weighted by Crippen LogP contribution is -2.24. The Kier molecular flexibility index (Phi) is 4.01. The molecule has 0 aromatic heterocycles. The van der Waals surface area contributed by atoms with Crippen LogP contribution in [-0.2, 0) is 9.59 Å². The summed E-state index contributed by atoms with van der Waals surface area (Å²) in [6.45, 7) is 0. The predicted molar refractivity (Wildman–Crippen MR) is 76.9 cm³/mol. The van der Waals surface area contributed by atoms with E-state index in [-0.39, 0.29) is 11.8 Å². The van der Waals surface area contributed by atoms with Crippen molar-refractivity contribution in [1.82, 2.24) is 4.90 Å². The predicted octanol–water partition coefficient (Wildman–Crippen LogP) is 1.70. The first-order chi connectivity index (χ1) is 9.11. The van der Waals surface area contributed by atoms with Crippen molar-refractivity contribution >= 4 is 34.4 Å². The third kappa shape index (κ3) is 3.03. The highest BCUT2D eigenvalue weighted by Gasteiger charge is 2.30. The van der Waals surface area contributed by atoms with E-state index < -0.39 is 0 Å². The highest BCUT2D eigenvalue weighted by Crippen LogP contribution is 2.29. The largest absolute Gasteiger partial charge is 0.322 e. The second-order valence-corrected chi connectivity index (χ2v) is 4.85. The summed E-state index contributed by atoms with van der Waals surface area (Å²) in [7, 11) is 3.24. The number of rotatable bonds is 2. The molecule has 1 aromatic carbocycles. The van der Waals surface area contributed by atoms with Crippen LogP contribution in [0.3, 0.4) is 0 Å². The van der Waals surface area contributed by atoms with Crippen molar-refractivity contribution < 1.29 is 9.59 Å². The van der Waals surface area contributed by atoms with Gasteiger partial charge in [-0.15, -0.1) is 0 Å². The lowest BCUT2D eigenvalue weighted by atomic mass is 10.3. The molecule has 1 aliphatic rings. The zero-order valence-electron chi connectivity index (χ0n) is 10.6. The highest BCUT2D eigenvalue weighted by molar-refractivity contribution is 8.18. The molecule has 98 valence electrons. The fourth-order valence-corrected chi connectivity index (χ4v) is 2.47. The van der Waals surface area contributed by atoms with Gasteiger partial charge in [0.05, 0.1) is 4.91 Å². The number of anilines is 1. The van der Waals surface area contributed by atoms with Crippen LogP contribution in [-0.4, -0.2) is 36.0 Å². The van der Waals surface area contributed by atoms with E-state index in [0.717, 1.165) is 0 Å². The maximum atomic E-state index is 11.8. The van der Waals surface area contributed by atoms with Crippen molar-refractivity contribution in [2.75, 3.05) is 19.4 Å². The third-order valence-electron chi connectivity index (χ3n) is 2.50. The number of amidine groups is 1. The molecule has 2 amide bonds. The van der Waals surface area contributed by atoms with Gasteiger partial charge >= 0.3 is 0 Å². The number of thioether (sulfide) groups is 1. The minimum Gasteiger partial charge on any atom is -0.322 e. The zero-order valence-corrected chi connectivity index (χ0v) is 11.4. The van der Waals surface area contributed by atoms with Crippen LogP contribution in [0.5, 0.6) is 0 Å². The first kappa shape index (κ1) is 13.4. The first-order valence-electron chi connectivity index (χ1n) is 5.62. The molecule has 0 atom stereocenters. The van der Waals surface area contributed by atoms with E-state index in [0.29, 0.717) is 15.8 Å². The van der Waals surface area contributed by atoms with Crippen LogP contribution in [0.1, 0.15) is 0 Å². The van der Waals surface area contributed by atoms with E-state index in [1.807, 2.05) is 18.2 Å². The summed E-state index contributed by atoms with van der Waals surface area (Å²) in [6.07, 6.45) is 1.30. The van der Waals surface area contributed by atoms with Gasteiger partial charge in [0.2, 0.25) is 5.91 Å². The SMILES string of the molecule is CN=C1S/C(=C\C(=O)Nc2ccccc2)C(=O)N1C. The number of para-hydroxylation sites is 1. The number of hydrogen-bond acceptors (Lipinski definition) is 4. The minimum absolute atomic E-state index is 0.214. The summed E-state index contributed by atoms with van der Waals surface area (Å²) >= 11 is 1.19. The lowest BCUT2D eigenvalue weighted by Gasteiger charge is -2.05. The van der Waals surface area contributed by atoms with Crippen LogP contribution in [0.4, 0.5) is 5.69 Å². The lowest BCUT2D eigenvalue weighted by molar-refractivity contribution is -0.121. The van der Waals surface area contributed by atoms with Crippen LogP contribution in [0.25, 0.3) is 0 Å². The Morgan fingerprint density at radius 1 is 1.37 bits per heavy atom. The fourth-order valence-electron chi connectivity index (χ4n) is 1.57. The smallest absolute Gasteiger partial charge is 0.266 e. The standard InChI is InChI=1S/C13H13N3O2S/c1-14-13-16(2)12(18)10(19-13)8-11(17)15-9-6-4-3-5-7-9/h3-8H,1-2H3,(H,15,17)/b10-8-,14-13?. The quantitative estimate of drug-likeness (QED) is 0.836. The Balaban J connectivity index is 2.10. The van der Waals surface area contributed by atoms with Crippen LogP contribution in [0.2, 0.25) is 0 Å². The van der Waals surface area contributed by atoms with E-state index in [2.05, 4.69) is 10.3 Å². The van der Waals surface area contributed by atoms with Gasteiger partial charge in [0, 0.05) is 25.9 Å². The molecule has 1 aliphatic heterocycles. The number of carbonyl (C=O) groups excluding carboxylic acids is 2. The molecule has 0 spiro atoms. The zero-order chi connectivity index (χ0) is 13.8. The second kappa shape index (κ2) is 5.71. The molecule has 0 bridgehead atoms. The number of benzene rings is 1. The van der Waals surface area contributed by atoms with Gasteiger partial charge in [0.15, 0.2) is 5.17 Å². The van der Waals surface area contributed by atoms with Crippen molar-refractivity contribution in [2.24, 2.45) is 4.99 Å². The maximum Gasteiger partial charge on any atom is 0.266 e. The van der Waals surface area contributed by atoms with Gasteiger partial charge in [-0.2, -0.15) is 0 Å². The molecule has 5 nitrogen and oxygen atoms in total. The molecule has 0 unspecified atom stereocenters. The monoisotopic (exact) mass is 275 g/mol. The molecule has 1 aromatic rings. The number of nitrogens with one attached hydrogen (secondary N) is 1. The molecule has 0 radical (unpaired) electrons. The van der Waals surface area contributed by atoms with E-state index in [1.54, 1.807) is 26.2 Å². The topological polar surface area (TPSA) is 61.8 Å². The maximum absolute atomic E-state index is 11.8. The molecular weight excluding hydrogens is 262 g/mol. The van der Waals surface area contributed by atoms with Crippen LogP contribution >= 0.6 is 11.8 Å². The summed E-state index contributed by atoms with van der Waals surface area (Å²) in [5.74, 6) is -0.540. The molecule has 1 saturated heterocycles. The van der Waals surface area contributed by atoms with Gasteiger partial charge in [-0.25, -0.2) is 0 Å². The Labute approximate surface area is 115 Å². The molecule has 1 N–H and O–H groups in total. The van der Waals surface area contributed by atoms with Crippen LogP contribution in [0, 0.1) is 0 Å². The fraction of sp³-hybridized carbons (Fsp3) is 0.154. The first-order valence-corrected chi connectivity index (χ1v) is 6.44. The number of aliphatic imine (C=N–C) groups is 1. The van der Waals surface area contributed by atoms with E-state index in [4.69, 9.17) is 0 Å². The molecule has 0 saturated carbocycles. The molecule has 6 heteroatoms. The van der Waals surface area contributed by atoms with E-state index >= 15 is 0 Å². The van der Waals surface area contributed by atoms with Gasteiger partial charge in [-0.3, -0.25) is 19.5 Å². The highest BCUT2D eigenvalue weighted by atomic mass is 32.2. The Hall–Kier alpha value is -2.08. The van der Waals surface area contributed by atoms with Crippen LogP contribution in [0.15, 0.2) is 46.3 Å². The molecule has 0 aliphatic carbocycles. The summed E-state index contributed by atoms with van der Waals surface area (Å²) in [5, 5.41) is 3.28. The molecule has 19 heavy (non-hydrogen) atoms. The van der Waals surface area contributed by atoms with Crippen molar-refractivity contribution in [3.05, 3.63) is 41.3 Å². The second-order valence-electron chi connectivity index (χ2n) is 3.84. The molecule has 1 fully saturated rings. The minimum atomic E-state index is -0.326. The molecular formula is C13H13N3O2S. The van der Waals surface area contributed by atoms with Crippen molar-refractivity contribution in [3.8, 4) is 0 Å². The van der Waals surface area contributed by atoms with Gasteiger partial charge in [0.1, 0.15) is 0 Å². The Morgan fingerprint density at radius 2 is 2.05 bits per heavy atom. The summed E-state index contributed by atoms with van der Waals surface area (Å²) in [5.41, 5.74) is 0.692. The average molecular weight is 275 g/mol. The van der Waals surface area contributed by atoms with Crippen LogP contribution < -0.4 is 5.32 Å². The number of nitrogens with zero attached hydrogens (tertiary/aromatic N) is 2. The number of carbonyl (C=O) groups is 2. The Bertz CT molecular complexity index is 567. The summed E-state index contributed by atoms with van der Waals surface area (Å²) in [6, 6.07) is 9.08. The Morgan fingerprint density at radius 3 is 2.63 bits per heavy atom. The number of amides is 2. The average Bonchev–Trinajstić information content (AvgIpc) is 2.67. The van der Waals surface area contributed by atoms with Crippen molar-refractivity contribution in [2.45, 2.75) is 0 Å². The third-order valence-corrected chi connectivity index (χ3v) is 3.65.